The largest absolute Gasteiger partial charge is 0.156 e. The summed E-state index contributed by atoms with van der Waals surface area (Å²) in [6.07, 6.45) is 3.59. The first-order chi connectivity index (χ1) is 20.2. The molecule has 0 radical (unpaired) electrons. The van der Waals surface area contributed by atoms with E-state index in [0.717, 1.165) is 56.1 Å². The van der Waals surface area contributed by atoms with Gasteiger partial charge < -0.3 is 0 Å². The van der Waals surface area contributed by atoms with Crippen LogP contribution in [0, 0.1) is 0 Å². The Morgan fingerprint density at radius 1 is 0.439 bits per heavy atom. The lowest BCUT2D eigenvalue weighted by Crippen LogP contribution is -1.98. The van der Waals surface area contributed by atoms with E-state index in [1.54, 1.807) is 22.0 Å². The molecule has 0 saturated heterocycles. The normalized spacial score (nSPS) is 11.0. The third-order valence-corrected chi connectivity index (χ3v) is 7.10. The summed E-state index contributed by atoms with van der Waals surface area (Å²) in [5, 5.41) is 19.2. The van der Waals surface area contributed by atoms with Crippen molar-refractivity contribution >= 4 is 11.6 Å². The van der Waals surface area contributed by atoms with Crippen molar-refractivity contribution in [1.82, 2.24) is 30.0 Å². The van der Waals surface area contributed by atoms with E-state index in [1.165, 1.54) is 0 Å². The van der Waals surface area contributed by atoms with E-state index in [-0.39, 0.29) is 0 Å². The lowest BCUT2D eigenvalue weighted by molar-refractivity contribution is 0.754. The Balaban J connectivity index is 1.29. The molecule has 7 rings (SSSR count). The van der Waals surface area contributed by atoms with Gasteiger partial charge in [-0.2, -0.15) is 19.8 Å². The zero-order chi connectivity index (χ0) is 27.6. The van der Waals surface area contributed by atoms with Crippen molar-refractivity contribution in [3.8, 4) is 56.1 Å². The molecule has 2 heterocycles. The van der Waals surface area contributed by atoms with Crippen LogP contribution in [0.2, 0.25) is 5.02 Å². The highest BCUT2D eigenvalue weighted by Crippen LogP contribution is 2.38. The molecule has 0 saturated carbocycles. The average Bonchev–Trinajstić information content (AvgIpc) is 3.73. The molecule has 6 nitrogen and oxygen atoms in total. The number of aromatic nitrogens is 6. The number of nitrogens with zero attached hydrogens (tertiary/aromatic N) is 6. The monoisotopic (exact) mass is 550 g/mol. The van der Waals surface area contributed by atoms with Gasteiger partial charge in [0.15, 0.2) is 0 Å². The molecule has 0 aliphatic rings. The number of hydrogen-bond donors (Lipinski definition) is 0. The van der Waals surface area contributed by atoms with Crippen molar-refractivity contribution in [3.05, 3.63) is 145 Å². The van der Waals surface area contributed by atoms with Gasteiger partial charge >= 0.3 is 0 Å². The molecular formula is C34H23ClN6. The number of benzene rings is 5. The molecule has 0 atom stereocenters. The molecule has 5 aromatic carbocycles. The van der Waals surface area contributed by atoms with E-state index in [9.17, 15) is 0 Å². The molecule has 7 heteroatoms. The van der Waals surface area contributed by atoms with Gasteiger partial charge in [0.2, 0.25) is 0 Å². The topological polar surface area (TPSA) is 61.4 Å². The van der Waals surface area contributed by atoms with E-state index in [0.29, 0.717) is 5.02 Å². The smallest absolute Gasteiger partial charge is 0.114 e. The lowest BCUT2D eigenvalue weighted by Gasteiger charge is -2.13. The van der Waals surface area contributed by atoms with E-state index < -0.39 is 0 Å². The lowest BCUT2D eigenvalue weighted by atomic mass is 9.92. The highest BCUT2D eigenvalue weighted by molar-refractivity contribution is 6.31. The molecule has 0 amide bonds. The highest BCUT2D eigenvalue weighted by Gasteiger charge is 2.16. The number of rotatable bonds is 6. The Hall–Kier alpha value is -5.33. The number of hydrogen-bond acceptors (Lipinski definition) is 4. The van der Waals surface area contributed by atoms with Crippen LogP contribution < -0.4 is 0 Å². The van der Waals surface area contributed by atoms with Crippen LogP contribution in [0.25, 0.3) is 56.1 Å². The minimum atomic E-state index is 0.642. The third-order valence-electron chi connectivity index (χ3n) is 6.88. The SMILES string of the molecule is Clc1cc(-c2ccccc2-c2cnn(-c3ccccc3)n2)cc(-c2ccccc2-c2cnn(-c3ccccc3)n2)c1. The summed E-state index contributed by atoms with van der Waals surface area (Å²) in [5.41, 5.74) is 9.33. The molecule has 0 spiro atoms. The van der Waals surface area contributed by atoms with Crippen molar-refractivity contribution in [2.24, 2.45) is 0 Å². The van der Waals surface area contributed by atoms with Gasteiger partial charge in [-0.3, -0.25) is 0 Å². The van der Waals surface area contributed by atoms with Gasteiger partial charge in [0.1, 0.15) is 11.4 Å². The Labute approximate surface area is 242 Å². The van der Waals surface area contributed by atoms with Gasteiger partial charge in [0.05, 0.1) is 23.8 Å². The van der Waals surface area contributed by atoms with Crippen molar-refractivity contribution < 1.29 is 0 Å². The third kappa shape index (κ3) is 4.93. The Bertz CT molecular complexity index is 1820. The summed E-state index contributed by atoms with van der Waals surface area (Å²) in [5.74, 6) is 0. The molecule has 41 heavy (non-hydrogen) atoms. The van der Waals surface area contributed by atoms with Crippen molar-refractivity contribution in [3.63, 3.8) is 0 Å². The summed E-state index contributed by atoms with van der Waals surface area (Å²) < 4.78 is 0. The molecule has 0 unspecified atom stereocenters. The fourth-order valence-electron chi connectivity index (χ4n) is 4.96. The van der Waals surface area contributed by atoms with Crippen LogP contribution in [0.4, 0.5) is 0 Å². The predicted molar refractivity (Wildman–Crippen MR) is 163 cm³/mol. The molecule has 2 aromatic heterocycles. The minimum absolute atomic E-state index is 0.642. The number of para-hydroxylation sites is 2. The van der Waals surface area contributed by atoms with Crippen LogP contribution in [0.5, 0.6) is 0 Å². The second kappa shape index (κ2) is 10.7. The Morgan fingerprint density at radius 3 is 1.27 bits per heavy atom. The van der Waals surface area contributed by atoms with Gasteiger partial charge in [-0.25, -0.2) is 0 Å². The van der Waals surface area contributed by atoms with Crippen molar-refractivity contribution in [1.29, 1.82) is 0 Å². The van der Waals surface area contributed by atoms with Gasteiger partial charge in [0, 0.05) is 16.1 Å². The first-order valence-corrected chi connectivity index (χ1v) is 13.6. The number of halogens is 1. The van der Waals surface area contributed by atoms with Crippen LogP contribution in [-0.4, -0.2) is 30.0 Å². The Kier molecular flexibility index (Phi) is 6.43. The van der Waals surface area contributed by atoms with E-state index in [1.807, 2.05) is 97.1 Å². The Morgan fingerprint density at radius 2 is 0.829 bits per heavy atom. The molecule has 0 aliphatic heterocycles. The van der Waals surface area contributed by atoms with E-state index >= 15 is 0 Å². The molecule has 196 valence electrons. The summed E-state index contributed by atoms with van der Waals surface area (Å²) in [7, 11) is 0. The molecule has 0 aliphatic carbocycles. The van der Waals surface area contributed by atoms with E-state index in [4.69, 9.17) is 21.8 Å². The van der Waals surface area contributed by atoms with Crippen LogP contribution in [-0.2, 0) is 0 Å². The maximum Gasteiger partial charge on any atom is 0.114 e. The molecule has 7 aromatic rings. The molecule has 0 bridgehead atoms. The second-order valence-corrected chi connectivity index (χ2v) is 9.97. The van der Waals surface area contributed by atoms with Crippen LogP contribution in [0.1, 0.15) is 0 Å². The van der Waals surface area contributed by atoms with Gasteiger partial charge in [0.25, 0.3) is 0 Å². The summed E-state index contributed by atoms with van der Waals surface area (Å²) in [6.45, 7) is 0. The molecule has 0 N–H and O–H groups in total. The summed E-state index contributed by atoms with van der Waals surface area (Å²) in [6, 6.07) is 42.3. The van der Waals surface area contributed by atoms with Crippen LogP contribution in [0.3, 0.4) is 0 Å². The van der Waals surface area contributed by atoms with E-state index in [2.05, 4.69) is 40.5 Å². The zero-order valence-corrected chi connectivity index (χ0v) is 22.6. The highest BCUT2D eigenvalue weighted by atomic mass is 35.5. The molecular weight excluding hydrogens is 528 g/mol. The van der Waals surface area contributed by atoms with Crippen LogP contribution in [0.15, 0.2) is 140 Å². The first-order valence-electron chi connectivity index (χ1n) is 13.2. The van der Waals surface area contributed by atoms with Gasteiger partial charge in [-0.05, 0) is 64.7 Å². The van der Waals surface area contributed by atoms with Crippen LogP contribution >= 0.6 is 11.6 Å². The standard InChI is InChI=1S/C34H23ClN6/c35-26-20-24(29-15-7-9-17-31(29)33-22-36-40(38-33)27-11-3-1-4-12-27)19-25(21-26)30-16-8-10-18-32(30)34-23-37-41(39-34)28-13-5-2-6-14-28/h1-23H. The second-order valence-electron chi connectivity index (χ2n) is 9.53. The maximum absolute atomic E-state index is 6.75. The summed E-state index contributed by atoms with van der Waals surface area (Å²) >= 11 is 6.75. The minimum Gasteiger partial charge on any atom is -0.156 e. The predicted octanol–water partition coefficient (Wildman–Crippen LogP) is 8.17. The van der Waals surface area contributed by atoms with Gasteiger partial charge in [-0.1, -0.05) is 96.5 Å². The van der Waals surface area contributed by atoms with Crippen molar-refractivity contribution in [2.75, 3.05) is 0 Å². The fraction of sp³-hybridized carbons (Fsp3) is 0. The fourth-order valence-corrected chi connectivity index (χ4v) is 5.20. The zero-order valence-electron chi connectivity index (χ0n) is 21.8. The van der Waals surface area contributed by atoms with Gasteiger partial charge in [-0.15, -0.1) is 10.2 Å². The summed E-state index contributed by atoms with van der Waals surface area (Å²) in [4.78, 5) is 3.29. The van der Waals surface area contributed by atoms with Crippen molar-refractivity contribution in [2.45, 2.75) is 0 Å². The molecule has 0 fully saturated rings. The maximum atomic E-state index is 6.75. The quantitative estimate of drug-likeness (QED) is 0.209. The first kappa shape index (κ1) is 24.7. The average molecular weight is 551 g/mol.